The van der Waals surface area contributed by atoms with Crippen molar-refractivity contribution < 1.29 is 24.2 Å². The Labute approximate surface area is 179 Å². The first-order valence-corrected chi connectivity index (χ1v) is 9.74. The lowest BCUT2D eigenvalue weighted by molar-refractivity contribution is -0.153. The van der Waals surface area contributed by atoms with Crippen LogP contribution in [0.5, 0.6) is 5.75 Å². The predicted octanol–water partition coefficient (Wildman–Crippen LogP) is 4.35. The SMILES string of the molecule is COc1ccc(CC(OC(C)C)C(=O)O)cc1CNC(=O)c1ccc(Cl)cc1Cl. The van der Waals surface area contributed by atoms with Crippen LogP contribution in [0.4, 0.5) is 0 Å². The fourth-order valence-corrected chi connectivity index (χ4v) is 3.27. The summed E-state index contributed by atoms with van der Waals surface area (Å²) in [6, 6.07) is 9.95. The fourth-order valence-electron chi connectivity index (χ4n) is 2.78. The van der Waals surface area contributed by atoms with Crippen LogP contribution >= 0.6 is 23.2 Å². The van der Waals surface area contributed by atoms with E-state index >= 15 is 0 Å². The minimum atomic E-state index is -1.03. The maximum atomic E-state index is 12.4. The van der Waals surface area contributed by atoms with Crippen molar-refractivity contribution in [1.82, 2.24) is 5.32 Å². The molecule has 8 heteroatoms. The maximum absolute atomic E-state index is 12.4. The van der Waals surface area contributed by atoms with Gasteiger partial charge in [-0.15, -0.1) is 0 Å². The molecule has 29 heavy (non-hydrogen) atoms. The minimum Gasteiger partial charge on any atom is -0.496 e. The van der Waals surface area contributed by atoms with Gasteiger partial charge >= 0.3 is 5.97 Å². The lowest BCUT2D eigenvalue weighted by Gasteiger charge is -2.18. The highest BCUT2D eigenvalue weighted by Crippen LogP contribution is 2.23. The van der Waals surface area contributed by atoms with Crippen molar-refractivity contribution in [2.24, 2.45) is 0 Å². The van der Waals surface area contributed by atoms with E-state index in [2.05, 4.69) is 5.32 Å². The van der Waals surface area contributed by atoms with Crippen LogP contribution in [0.1, 0.15) is 35.3 Å². The zero-order valence-electron chi connectivity index (χ0n) is 16.4. The molecule has 2 rings (SSSR count). The summed E-state index contributed by atoms with van der Waals surface area (Å²) in [6.45, 7) is 3.75. The third kappa shape index (κ3) is 6.63. The van der Waals surface area contributed by atoms with Gasteiger partial charge in [0.25, 0.3) is 5.91 Å². The van der Waals surface area contributed by atoms with E-state index in [1.54, 1.807) is 44.2 Å². The molecule has 0 aliphatic heterocycles. The van der Waals surface area contributed by atoms with E-state index in [4.69, 9.17) is 32.7 Å². The van der Waals surface area contributed by atoms with E-state index in [-0.39, 0.29) is 30.0 Å². The predicted molar refractivity (Wildman–Crippen MR) is 112 cm³/mol. The Kier molecular flexibility index (Phi) is 8.32. The van der Waals surface area contributed by atoms with Crippen LogP contribution < -0.4 is 10.1 Å². The number of aliphatic carboxylic acids is 1. The van der Waals surface area contributed by atoms with E-state index in [0.29, 0.717) is 21.9 Å². The highest BCUT2D eigenvalue weighted by Gasteiger charge is 2.21. The number of benzene rings is 2. The van der Waals surface area contributed by atoms with Gasteiger partial charge in [0, 0.05) is 23.6 Å². The number of nitrogens with one attached hydrogen (secondary N) is 1. The van der Waals surface area contributed by atoms with E-state index in [9.17, 15) is 14.7 Å². The smallest absolute Gasteiger partial charge is 0.333 e. The number of hydrogen-bond acceptors (Lipinski definition) is 4. The molecule has 0 aromatic heterocycles. The Hall–Kier alpha value is -2.28. The normalized spacial score (nSPS) is 11.9. The van der Waals surface area contributed by atoms with Crippen molar-refractivity contribution in [3.8, 4) is 5.75 Å². The Morgan fingerprint density at radius 3 is 2.45 bits per heavy atom. The highest BCUT2D eigenvalue weighted by atomic mass is 35.5. The van der Waals surface area contributed by atoms with Gasteiger partial charge in [0.15, 0.2) is 6.10 Å². The minimum absolute atomic E-state index is 0.178. The lowest BCUT2D eigenvalue weighted by atomic mass is 10.0. The number of carbonyl (C=O) groups excluding carboxylic acids is 1. The number of carbonyl (C=O) groups is 2. The second kappa shape index (κ2) is 10.5. The summed E-state index contributed by atoms with van der Waals surface area (Å²) in [5, 5.41) is 12.9. The van der Waals surface area contributed by atoms with Crippen molar-refractivity contribution in [2.45, 2.75) is 39.0 Å². The van der Waals surface area contributed by atoms with Crippen LogP contribution in [-0.4, -0.2) is 36.3 Å². The summed E-state index contributed by atoms with van der Waals surface area (Å²) in [6.07, 6.45) is -0.975. The van der Waals surface area contributed by atoms with Crippen LogP contribution in [0.25, 0.3) is 0 Å². The molecule has 0 fully saturated rings. The molecule has 6 nitrogen and oxygen atoms in total. The lowest BCUT2D eigenvalue weighted by Crippen LogP contribution is -2.29. The van der Waals surface area contributed by atoms with Gasteiger partial charge in [-0.05, 0) is 43.7 Å². The molecular formula is C21H23Cl2NO5. The van der Waals surface area contributed by atoms with Crippen LogP contribution in [0, 0.1) is 0 Å². The number of ether oxygens (including phenoxy) is 2. The van der Waals surface area contributed by atoms with Crippen molar-refractivity contribution in [1.29, 1.82) is 0 Å². The number of carboxylic acids is 1. The first-order chi connectivity index (χ1) is 13.7. The van der Waals surface area contributed by atoms with Crippen LogP contribution in [-0.2, 0) is 22.5 Å². The van der Waals surface area contributed by atoms with Gasteiger partial charge in [-0.3, -0.25) is 4.79 Å². The molecule has 0 heterocycles. The molecule has 0 aliphatic rings. The number of halogens is 2. The van der Waals surface area contributed by atoms with Gasteiger partial charge in [-0.25, -0.2) is 4.79 Å². The molecule has 156 valence electrons. The second-order valence-electron chi connectivity index (χ2n) is 6.67. The van der Waals surface area contributed by atoms with E-state index in [1.165, 1.54) is 13.2 Å². The average molecular weight is 440 g/mol. The summed E-state index contributed by atoms with van der Waals surface area (Å²) in [4.78, 5) is 23.9. The molecule has 0 spiro atoms. The molecule has 2 aromatic rings. The molecule has 0 bridgehead atoms. The summed E-state index contributed by atoms with van der Waals surface area (Å²) in [5.41, 5.74) is 1.77. The third-order valence-corrected chi connectivity index (χ3v) is 4.64. The molecule has 0 aliphatic carbocycles. The zero-order valence-corrected chi connectivity index (χ0v) is 17.9. The number of rotatable bonds is 9. The van der Waals surface area contributed by atoms with Crippen molar-refractivity contribution in [3.63, 3.8) is 0 Å². The second-order valence-corrected chi connectivity index (χ2v) is 7.51. The molecule has 2 aromatic carbocycles. The first kappa shape index (κ1) is 23.0. The third-order valence-electron chi connectivity index (χ3n) is 4.09. The van der Waals surface area contributed by atoms with Gasteiger partial charge in [-0.2, -0.15) is 0 Å². The van der Waals surface area contributed by atoms with Gasteiger partial charge in [0.2, 0.25) is 0 Å². The van der Waals surface area contributed by atoms with E-state index < -0.39 is 12.1 Å². The number of hydrogen-bond donors (Lipinski definition) is 2. The van der Waals surface area contributed by atoms with Gasteiger partial charge < -0.3 is 19.9 Å². The summed E-state index contributed by atoms with van der Waals surface area (Å²) >= 11 is 11.9. The molecule has 2 N–H and O–H groups in total. The Morgan fingerprint density at radius 1 is 1.14 bits per heavy atom. The Balaban J connectivity index is 2.15. The van der Waals surface area contributed by atoms with Gasteiger partial charge in [-0.1, -0.05) is 35.3 Å². The quantitative estimate of drug-likeness (QED) is 0.606. The van der Waals surface area contributed by atoms with Gasteiger partial charge in [0.05, 0.1) is 23.8 Å². The maximum Gasteiger partial charge on any atom is 0.333 e. The van der Waals surface area contributed by atoms with Crippen molar-refractivity contribution in [3.05, 3.63) is 63.1 Å². The Morgan fingerprint density at radius 2 is 1.86 bits per heavy atom. The highest BCUT2D eigenvalue weighted by molar-refractivity contribution is 6.36. The first-order valence-electron chi connectivity index (χ1n) is 8.98. The topological polar surface area (TPSA) is 84.9 Å². The summed E-state index contributed by atoms with van der Waals surface area (Å²) < 4.78 is 10.8. The molecule has 0 saturated carbocycles. The van der Waals surface area contributed by atoms with Crippen molar-refractivity contribution >= 4 is 35.1 Å². The molecule has 1 unspecified atom stereocenters. The number of amides is 1. The van der Waals surface area contributed by atoms with Crippen molar-refractivity contribution in [2.75, 3.05) is 7.11 Å². The molecule has 0 radical (unpaired) electrons. The largest absolute Gasteiger partial charge is 0.496 e. The number of methoxy groups -OCH3 is 1. The van der Waals surface area contributed by atoms with Gasteiger partial charge in [0.1, 0.15) is 5.75 Å². The van der Waals surface area contributed by atoms with Crippen LogP contribution in [0.3, 0.4) is 0 Å². The fraction of sp³-hybridized carbons (Fsp3) is 0.333. The average Bonchev–Trinajstić information content (AvgIpc) is 2.65. The monoisotopic (exact) mass is 439 g/mol. The van der Waals surface area contributed by atoms with Crippen LogP contribution in [0.2, 0.25) is 10.0 Å². The zero-order chi connectivity index (χ0) is 21.6. The molecule has 1 atom stereocenters. The Bertz CT molecular complexity index is 885. The molecular weight excluding hydrogens is 417 g/mol. The standard InChI is InChI=1S/C21H23Cl2NO5/c1-12(2)29-19(21(26)27)9-13-4-7-18(28-3)14(8-13)11-24-20(25)16-6-5-15(22)10-17(16)23/h4-8,10,12,19H,9,11H2,1-3H3,(H,24,25)(H,26,27). The van der Waals surface area contributed by atoms with E-state index in [0.717, 1.165) is 5.56 Å². The molecule has 1 amide bonds. The van der Waals surface area contributed by atoms with Crippen LogP contribution in [0.15, 0.2) is 36.4 Å². The molecule has 0 saturated heterocycles. The number of carboxylic acid groups (broad SMARTS) is 1. The summed E-state index contributed by atoms with van der Waals surface area (Å²) in [5.74, 6) is -0.805. The van der Waals surface area contributed by atoms with E-state index in [1.807, 2.05) is 0 Å². The summed E-state index contributed by atoms with van der Waals surface area (Å²) in [7, 11) is 1.53.